The van der Waals surface area contributed by atoms with Gasteiger partial charge in [-0.15, -0.1) is 0 Å². The lowest BCUT2D eigenvalue weighted by Crippen LogP contribution is -2.53. The number of nitrogens with zero attached hydrogens (tertiary/aromatic N) is 4. The van der Waals surface area contributed by atoms with E-state index in [0.717, 1.165) is 24.3 Å². The lowest BCUT2D eigenvalue weighted by atomic mass is 9.82. The van der Waals surface area contributed by atoms with E-state index in [1.54, 1.807) is 0 Å². The second-order valence-corrected chi connectivity index (χ2v) is 7.96. The summed E-state index contributed by atoms with van der Waals surface area (Å²) < 4.78 is 0. The summed E-state index contributed by atoms with van der Waals surface area (Å²) in [7, 11) is 1.94. The topological polar surface area (TPSA) is 34.1 Å². The van der Waals surface area contributed by atoms with Crippen LogP contribution < -0.4 is 5.32 Å². The Labute approximate surface area is 148 Å². The average Bonchev–Trinajstić information content (AvgIpc) is 3.06. The summed E-state index contributed by atoms with van der Waals surface area (Å²) in [5, 5.41) is 3.66. The van der Waals surface area contributed by atoms with Crippen LogP contribution in [0, 0.1) is 11.8 Å². The second-order valence-electron chi connectivity index (χ2n) is 7.96. The van der Waals surface area contributed by atoms with Gasteiger partial charge in [-0.1, -0.05) is 19.8 Å². The summed E-state index contributed by atoms with van der Waals surface area (Å²) in [6.45, 7) is 14.1. The number of fused-ring (bicyclic) bond motifs is 1. The van der Waals surface area contributed by atoms with Crippen molar-refractivity contribution in [2.24, 2.45) is 16.8 Å². The van der Waals surface area contributed by atoms with Gasteiger partial charge < -0.3 is 15.1 Å². The molecular formula is C19H37N5. The zero-order chi connectivity index (χ0) is 16.9. The van der Waals surface area contributed by atoms with Crippen molar-refractivity contribution in [1.29, 1.82) is 0 Å². The molecule has 0 aromatic carbocycles. The largest absolute Gasteiger partial charge is 0.355 e. The molecule has 2 heterocycles. The summed E-state index contributed by atoms with van der Waals surface area (Å²) in [5.41, 5.74) is 0. The first-order valence-corrected chi connectivity index (χ1v) is 10.1. The molecule has 3 unspecified atom stereocenters. The molecule has 138 valence electrons. The van der Waals surface area contributed by atoms with Crippen molar-refractivity contribution in [3.63, 3.8) is 0 Å². The van der Waals surface area contributed by atoms with Crippen molar-refractivity contribution in [3.8, 4) is 0 Å². The standard InChI is InChI=1S/C19H37N5/c1-4-22-9-11-23(12-10-22)16(2)13-21-19(20-3)24-14-17-7-5-6-8-18(17)15-24/h16-18H,4-15H2,1-3H3,(H,20,21). The minimum Gasteiger partial charge on any atom is -0.355 e. The van der Waals surface area contributed by atoms with Crippen LogP contribution in [0.25, 0.3) is 0 Å². The number of hydrogen-bond acceptors (Lipinski definition) is 3. The number of rotatable bonds is 4. The van der Waals surface area contributed by atoms with E-state index in [2.05, 4.69) is 38.9 Å². The third kappa shape index (κ3) is 4.23. The summed E-state index contributed by atoms with van der Waals surface area (Å²) in [6, 6.07) is 0.575. The Bertz CT molecular complexity index is 402. The van der Waals surface area contributed by atoms with E-state index in [4.69, 9.17) is 0 Å². The number of likely N-dealkylation sites (N-methyl/N-ethyl adjacent to an activating group) is 1. The van der Waals surface area contributed by atoms with Gasteiger partial charge in [0.2, 0.25) is 0 Å². The zero-order valence-corrected chi connectivity index (χ0v) is 16.0. The molecule has 3 aliphatic rings. The maximum absolute atomic E-state index is 4.58. The van der Waals surface area contributed by atoms with Crippen LogP contribution in [0.4, 0.5) is 0 Å². The van der Waals surface area contributed by atoms with Crippen molar-refractivity contribution in [1.82, 2.24) is 20.0 Å². The number of nitrogens with one attached hydrogen (secondary N) is 1. The smallest absolute Gasteiger partial charge is 0.193 e. The minimum absolute atomic E-state index is 0.575. The van der Waals surface area contributed by atoms with Gasteiger partial charge >= 0.3 is 0 Å². The maximum Gasteiger partial charge on any atom is 0.193 e. The molecule has 3 fully saturated rings. The summed E-state index contributed by atoms with van der Waals surface area (Å²) in [6.07, 6.45) is 5.72. The molecule has 0 aromatic rings. The minimum atomic E-state index is 0.575. The van der Waals surface area contributed by atoms with Crippen molar-refractivity contribution in [2.45, 2.75) is 45.6 Å². The number of guanidine groups is 1. The number of likely N-dealkylation sites (tertiary alicyclic amines) is 1. The molecule has 2 saturated heterocycles. The van der Waals surface area contributed by atoms with E-state index >= 15 is 0 Å². The van der Waals surface area contributed by atoms with Crippen LogP contribution in [0.5, 0.6) is 0 Å². The lowest BCUT2D eigenvalue weighted by molar-refractivity contribution is 0.107. The van der Waals surface area contributed by atoms with Gasteiger partial charge in [0.25, 0.3) is 0 Å². The Hall–Kier alpha value is -0.810. The molecular weight excluding hydrogens is 298 g/mol. The van der Waals surface area contributed by atoms with E-state index < -0.39 is 0 Å². The molecule has 3 atom stereocenters. The Kier molecular flexibility index (Phi) is 6.39. The Balaban J connectivity index is 1.44. The van der Waals surface area contributed by atoms with Gasteiger partial charge in [-0.05, 0) is 38.1 Å². The molecule has 5 nitrogen and oxygen atoms in total. The summed E-state index contributed by atoms with van der Waals surface area (Å²) >= 11 is 0. The number of piperazine rings is 1. The first kappa shape index (κ1) is 18.0. The number of aliphatic imine (C=N–C) groups is 1. The maximum atomic E-state index is 4.58. The Morgan fingerprint density at radius 2 is 1.71 bits per heavy atom. The fraction of sp³-hybridized carbons (Fsp3) is 0.947. The van der Waals surface area contributed by atoms with Crippen molar-refractivity contribution in [2.75, 3.05) is 59.4 Å². The predicted molar refractivity (Wildman–Crippen MR) is 102 cm³/mol. The van der Waals surface area contributed by atoms with Gasteiger partial charge in [0, 0.05) is 58.9 Å². The monoisotopic (exact) mass is 335 g/mol. The van der Waals surface area contributed by atoms with Crippen LogP contribution in [-0.2, 0) is 0 Å². The van der Waals surface area contributed by atoms with Crippen LogP contribution in [0.2, 0.25) is 0 Å². The molecule has 0 aromatic heterocycles. The molecule has 1 N–H and O–H groups in total. The van der Waals surface area contributed by atoms with Gasteiger partial charge in [-0.25, -0.2) is 0 Å². The summed E-state index contributed by atoms with van der Waals surface area (Å²) in [5.74, 6) is 2.96. The van der Waals surface area contributed by atoms with Crippen molar-refractivity contribution >= 4 is 5.96 Å². The van der Waals surface area contributed by atoms with E-state index in [1.165, 1.54) is 71.5 Å². The fourth-order valence-corrected chi connectivity index (χ4v) is 4.80. The van der Waals surface area contributed by atoms with E-state index in [-0.39, 0.29) is 0 Å². The molecule has 0 radical (unpaired) electrons. The Morgan fingerprint density at radius 3 is 2.25 bits per heavy atom. The molecule has 2 aliphatic heterocycles. The van der Waals surface area contributed by atoms with Crippen LogP contribution in [0.3, 0.4) is 0 Å². The number of hydrogen-bond donors (Lipinski definition) is 1. The average molecular weight is 336 g/mol. The first-order valence-electron chi connectivity index (χ1n) is 10.1. The molecule has 3 rings (SSSR count). The third-order valence-corrected chi connectivity index (χ3v) is 6.52. The molecule has 24 heavy (non-hydrogen) atoms. The van der Waals surface area contributed by atoms with Crippen LogP contribution in [-0.4, -0.2) is 86.1 Å². The van der Waals surface area contributed by atoms with Crippen LogP contribution in [0.15, 0.2) is 4.99 Å². The molecule has 0 spiro atoms. The highest BCUT2D eigenvalue weighted by atomic mass is 15.3. The molecule has 5 heteroatoms. The van der Waals surface area contributed by atoms with Gasteiger partial charge in [-0.3, -0.25) is 9.89 Å². The highest BCUT2D eigenvalue weighted by Crippen LogP contribution is 2.35. The quantitative estimate of drug-likeness (QED) is 0.626. The highest BCUT2D eigenvalue weighted by Gasteiger charge is 2.35. The van der Waals surface area contributed by atoms with Gasteiger partial charge in [0.15, 0.2) is 5.96 Å². The van der Waals surface area contributed by atoms with E-state index in [9.17, 15) is 0 Å². The Morgan fingerprint density at radius 1 is 1.08 bits per heavy atom. The van der Waals surface area contributed by atoms with Gasteiger partial charge in [-0.2, -0.15) is 0 Å². The highest BCUT2D eigenvalue weighted by molar-refractivity contribution is 5.80. The van der Waals surface area contributed by atoms with Crippen LogP contribution >= 0.6 is 0 Å². The third-order valence-electron chi connectivity index (χ3n) is 6.52. The molecule has 1 aliphatic carbocycles. The predicted octanol–water partition coefficient (Wildman–Crippen LogP) is 1.71. The second kappa shape index (κ2) is 8.52. The normalized spacial score (nSPS) is 31.1. The fourth-order valence-electron chi connectivity index (χ4n) is 4.80. The summed E-state index contributed by atoms with van der Waals surface area (Å²) in [4.78, 5) is 12.3. The van der Waals surface area contributed by atoms with Crippen LogP contribution in [0.1, 0.15) is 39.5 Å². The molecule has 0 amide bonds. The van der Waals surface area contributed by atoms with Crippen molar-refractivity contribution in [3.05, 3.63) is 0 Å². The molecule has 1 saturated carbocycles. The van der Waals surface area contributed by atoms with Gasteiger partial charge in [0.1, 0.15) is 0 Å². The van der Waals surface area contributed by atoms with Gasteiger partial charge in [0.05, 0.1) is 0 Å². The SMILES string of the molecule is CCN1CCN(C(C)CNC(=NC)N2CC3CCCCC3C2)CC1. The van der Waals surface area contributed by atoms with E-state index in [1.807, 2.05) is 7.05 Å². The zero-order valence-electron chi connectivity index (χ0n) is 16.0. The van der Waals surface area contributed by atoms with Crippen molar-refractivity contribution < 1.29 is 0 Å². The first-order chi connectivity index (χ1) is 11.7. The van der Waals surface area contributed by atoms with E-state index in [0.29, 0.717) is 6.04 Å². The molecule has 0 bridgehead atoms. The lowest BCUT2D eigenvalue weighted by Gasteiger charge is -2.38.